The Morgan fingerprint density at radius 1 is 1.43 bits per heavy atom. The van der Waals surface area contributed by atoms with Gasteiger partial charge in [0.1, 0.15) is 17.3 Å². The second kappa shape index (κ2) is 6.28. The SMILES string of the molecule is CC1COc2ccc(C(=O)NCc3nccc(C(F)F)n3)cc21. The maximum absolute atomic E-state index is 12.6. The number of amides is 1. The maximum Gasteiger partial charge on any atom is 0.280 e. The molecule has 120 valence electrons. The van der Waals surface area contributed by atoms with Crippen molar-refractivity contribution in [3.63, 3.8) is 0 Å². The lowest BCUT2D eigenvalue weighted by atomic mass is 10.0. The van der Waals surface area contributed by atoms with Crippen molar-refractivity contribution < 1.29 is 18.3 Å². The molecule has 0 radical (unpaired) electrons. The molecule has 1 aromatic carbocycles. The molecule has 3 rings (SSSR count). The molecule has 0 saturated carbocycles. The fourth-order valence-corrected chi connectivity index (χ4v) is 2.39. The second-order valence-corrected chi connectivity index (χ2v) is 5.35. The number of ether oxygens (including phenoxy) is 1. The third-order valence-corrected chi connectivity index (χ3v) is 3.65. The molecular formula is C16H15F2N3O2. The quantitative estimate of drug-likeness (QED) is 0.941. The van der Waals surface area contributed by atoms with E-state index < -0.39 is 6.43 Å². The van der Waals surface area contributed by atoms with Crippen molar-refractivity contribution >= 4 is 5.91 Å². The number of carbonyl (C=O) groups is 1. The molecule has 1 aromatic heterocycles. The Kier molecular flexibility index (Phi) is 4.18. The first-order valence-electron chi connectivity index (χ1n) is 7.19. The van der Waals surface area contributed by atoms with Crippen molar-refractivity contribution in [1.29, 1.82) is 0 Å². The number of hydrogen-bond acceptors (Lipinski definition) is 4. The van der Waals surface area contributed by atoms with Gasteiger partial charge in [0.2, 0.25) is 0 Å². The molecule has 0 fully saturated rings. The summed E-state index contributed by atoms with van der Waals surface area (Å²) < 4.78 is 30.7. The van der Waals surface area contributed by atoms with Crippen molar-refractivity contribution in [2.24, 2.45) is 0 Å². The van der Waals surface area contributed by atoms with E-state index >= 15 is 0 Å². The molecule has 1 aliphatic rings. The van der Waals surface area contributed by atoms with E-state index in [4.69, 9.17) is 4.74 Å². The topological polar surface area (TPSA) is 64.1 Å². The number of fused-ring (bicyclic) bond motifs is 1. The van der Waals surface area contributed by atoms with Crippen LogP contribution in [-0.2, 0) is 6.54 Å². The number of alkyl halides is 2. The highest BCUT2D eigenvalue weighted by molar-refractivity contribution is 5.94. The average Bonchev–Trinajstić information content (AvgIpc) is 2.93. The summed E-state index contributed by atoms with van der Waals surface area (Å²) in [7, 11) is 0. The van der Waals surface area contributed by atoms with Crippen LogP contribution < -0.4 is 10.1 Å². The third-order valence-electron chi connectivity index (χ3n) is 3.65. The van der Waals surface area contributed by atoms with Gasteiger partial charge in [-0.05, 0) is 24.3 Å². The summed E-state index contributed by atoms with van der Waals surface area (Å²) >= 11 is 0. The number of halogens is 2. The van der Waals surface area contributed by atoms with Gasteiger partial charge < -0.3 is 10.1 Å². The van der Waals surface area contributed by atoms with E-state index in [1.54, 1.807) is 18.2 Å². The molecule has 23 heavy (non-hydrogen) atoms. The number of aromatic nitrogens is 2. The Morgan fingerprint density at radius 2 is 2.26 bits per heavy atom. The van der Waals surface area contributed by atoms with Crippen molar-refractivity contribution in [2.45, 2.75) is 25.8 Å². The fourth-order valence-electron chi connectivity index (χ4n) is 2.39. The first-order chi connectivity index (χ1) is 11.0. The lowest BCUT2D eigenvalue weighted by molar-refractivity contribution is 0.0949. The summed E-state index contributed by atoms with van der Waals surface area (Å²) in [5, 5.41) is 2.64. The smallest absolute Gasteiger partial charge is 0.280 e. The second-order valence-electron chi connectivity index (χ2n) is 5.35. The Bertz CT molecular complexity index is 737. The van der Waals surface area contributed by atoms with E-state index in [2.05, 4.69) is 15.3 Å². The standard InChI is InChI=1S/C16H15F2N3O2/c1-9-8-23-13-3-2-10(6-11(9)13)16(22)20-7-14-19-5-4-12(21-14)15(17)18/h2-6,9,15H,7-8H2,1H3,(H,20,22). The molecule has 1 atom stereocenters. The highest BCUT2D eigenvalue weighted by Crippen LogP contribution is 2.33. The third kappa shape index (κ3) is 3.28. The average molecular weight is 319 g/mol. The minimum atomic E-state index is -2.66. The van der Waals surface area contributed by atoms with Gasteiger partial charge in [0.05, 0.1) is 13.2 Å². The van der Waals surface area contributed by atoms with Crippen LogP contribution in [0, 0.1) is 0 Å². The molecule has 7 heteroatoms. The van der Waals surface area contributed by atoms with Crippen LogP contribution in [0.4, 0.5) is 8.78 Å². The predicted molar refractivity (Wildman–Crippen MR) is 78.5 cm³/mol. The molecule has 0 aliphatic carbocycles. The number of benzene rings is 1. The van der Waals surface area contributed by atoms with Gasteiger partial charge in [-0.15, -0.1) is 0 Å². The van der Waals surface area contributed by atoms with Crippen LogP contribution in [0.2, 0.25) is 0 Å². The van der Waals surface area contributed by atoms with Gasteiger partial charge in [-0.3, -0.25) is 4.79 Å². The zero-order chi connectivity index (χ0) is 16.4. The van der Waals surface area contributed by atoms with Crippen LogP contribution in [-0.4, -0.2) is 22.5 Å². The number of carbonyl (C=O) groups excluding carboxylic acids is 1. The first kappa shape index (κ1) is 15.3. The summed E-state index contributed by atoms with van der Waals surface area (Å²) in [4.78, 5) is 19.8. The molecule has 0 saturated heterocycles. The molecule has 1 amide bonds. The molecule has 0 bridgehead atoms. The van der Waals surface area contributed by atoms with Gasteiger partial charge in [0.15, 0.2) is 0 Å². The van der Waals surface area contributed by atoms with Crippen LogP contribution in [0.3, 0.4) is 0 Å². The number of rotatable bonds is 4. The Hall–Kier alpha value is -2.57. The van der Waals surface area contributed by atoms with Crippen molar-refractivity contribution in [2.75, 3.05) is 6.61 Å². The van der Waals surface area contributed by atoms with Gasteiger partial charge >= 0.3 is 0 Å². The predicted octanol–water partition coefficient (Wildman–Crippen LogP) is 2.84. The summed E-state index contributed by atoms with van der Waals surface area (Å²) in [6.45, 7) is 2.62. The zero-order valence-corrected chi connectivity index (χ0v) is 12.4. The Morgan fingerprint density at radius 3 is 3.04 bits per heavy atom. The minimum absolute atomic E-state index is 0.0114. The van der Waals surface area contributed by atoms with Crippen LogP contribution >= 0.6 is 0 Å². The highest BCUT2D eigenvalue weighted by Gasteiger charge is 2.21. The van der Waals surface area contributed by atoms with Gasteiger partial charge in [0, 0.05) is 23.2 Å². The summed E-state index contributed by atoms with van der Waals surface area (Å²) in [6, 6.07) is 6.38. The van der Waals surface area contributed by atoms with E-state index in [-0.39, 0.29) is 29.9 Å². The number of nitrogens with one attached hydrogen (secondary N) is 1. The molecule has 2 heterocycles. The van der Waals surface area contributed by atoms with Gasteiger partial charge in [-0.1, -0.05) is 6.92 Å². The van der Waals surface area contributed by atoms with Crippen LogP contribution in [0.15, 0.2) is 30.5 Å². The maximum atomic E-state index is 12.6. The molecule has 1 N–H and O–H groups in total. The molecule has 1 unspecified atom stereocenters. The van der Waals surface area contributed by atoms with Crippen molar-refractivity contribution in [1.82, 2.24) is 15.3 Å². The van der Waals surface area contributed by atoms with Crippen LogP contribution in [0.25, 0.3) is 0 Å². The molecule has 5 nitrogen and oxygen atoms in total. The lowest BCUT2D eigenvalue weighted by Gasteiger charge is -2.07. The van der Waals surface area contributed by atoms with Crippen LogP contribution in [0.1, 0.15) is 46.7 Å². The van der Waals surface area contributed by atoms with E-state index in [1.165, 1.54) is 6.20 Å². The van der Waals surface area contributed by atoms with Gasteiger partial charge in [0.25, 0.3) is 12.3 Å². The largest absolute Gasteiger partial charge is 0.493 e. The summed E-state index contributed by atoms with van der Waals surface area (Å²) in [6.07, 6.45) is -1.41. The highest BCUT2D eigenvalue weighted by atomic mass is 19.3. The molecule has 0 spiro atoms. The minimum Gasteiger partial charge on any atom is -0.493 e. The fraction of sp³-hybridized carbons (Fsp3) is 0.312. The Balaban J connectivity index is 1.68. The van der Waals surface area contributed by atoms with Crippen molar-refractivity contribution in [3.05, 3.63) is 53.1 Å². The zero-order valence-electron chi connectivity index (χ0n) is 12.4. The van der Waals surface area contributed by atoms with Crippen molar-refractivity contribution in [3.8, 4) is 5.75 Å². The van der Waals surface area contributed by atoms with Gasteiger partial charge in [-0.25, -0.2) is 18.7 Å². The molecule has 2 aromatic rings. The molecule has 1 aliphatic heterocycles. The number of hydrogen-bond donors (Lipinski definition) is 1. The number of nitrogens with zero attached hydrogens (tertiary/aromatic N) is 2. The summed E-state index contributed by atoms with van der Waals surface area (Å²) in [5.74, 6) is 0.873. The van der Waals surface area contributed by atoms with E-state index in [9.17, 15) is 13.6 Å². The Labute approximate surface area is 131 Å². The lowest BCUT2D eigenvalue weighted by Crippen LogP contribution is -2.24. The van der Waals surface area contributed by atoms with E-state index in [1.807, 2.05) is 6.92 Å². The van der Waals surface area contributed by atoms with Gasteiger partial charge in [-0.2, -0.15) is 0 Å². The summed E-state index contributed by atoms with van der Waals surface area (Å²) in [5.41, 5.74) is 1.13. The van der Waals surface area contributed by atoms with E-state index in [0.29, 0.717) is 12.2 Å². The first-order valence-corrected chi connectivity index (χ1v) is 7.19. The normalized spacial score (nSPS) is 16.1. The molecular weight excluding hydrogens is 304 g/mol. The monoisotopic (exact) mass is 319 g/mol. The van der Waals surface area contributed by atoms with E-state index in [0.717, 1.165) is 17.4 Å². The van der Waals surface area contributed by atoms with Crippen LogP contribution in [0.5, 0.6) is 5.75 Å².